The number of amides is 3. The van der Waals surface area contributed by atoms with Gasteiger partial charge in [-0.05, 0) is 55.7 Å². The fraction of sp³-hybridized carbons (Fsp3) is 0.792. The van der Waals surface area contributed by atoms with Crippen molar-refractivity contribution >= 4 is 26.0 Å². The van der Waals surface area contributed by atoms with Gasteiger partial charge >= 0.3 is 0 Å². The highest BCUT2D eigenvalue weighted by Gasteiger charge is 2.58. The summed E-state index contributed by atoms with van der Waals surface area (Å²) >= 11 is 0. The van der Waals surface area contributed by atoms with E-state index >= 15 is 0 Å². The molecule has 4 atom stereocenters. The number of rotatable bonds is 11. The van der Waals surface area contributed by atoms with Crippen LogP contribution in [0.1, 0.15) is 59.3 Å². The quantitative estimate of drug-likeness (QED) is 0.225. The fourth-order valence-electron chi connectivity index (χ4n) is 4.85. The minimum atomic E-state index is -1.71. The van der Waals surface area contributed by atoms with Crippen molar-refractivity contribution in [1.82, 2.24) is 10.2 Å². The van der Waals surface area contributed by atoms with Gasteiger partial charge in [-0.1, -0.05) is 39.3 Å². The van der Waals surface area contributed by atoms with Crippen LogP contribution in [-0.4, -0.2) is 50.6 Å². The van der Waals surface area contributed by atoms with Crippen molar-refractivity contribution in [3.8, 4) is 0 Å². The number of nitrogens with zero attached hydrogens (tertiary/aromatic N) is 1. The second-order valence-electron chi connectivity index (χ2n) is 11.0. The van der Waals surface area contributed by atoms with Gasteiger partial charge in [-0.3, -0.25) is 19.3 Å². The van der Waals surface area contributed by atoms with Crippen LogP contribution in [0, 0.1) is 23.7 Å². The summed E-state index contributed by atoms with van der Waals surface area (Å²) in [5, 5.41) is 3.17. The molecule has 1 saturated heterocycles. The number of allylic oxidation sites excluding steroid dienone is 2. The Bertz CT molecular complexity index is 698. The van der Waals surface area contributed by atoms with Gasteiger partial charge in [0.05, 0.1) is 11.8 Å². The highest BCUT2D eigenvalue weighted by Crippen LogP contribution is 2.52. The Balaban J connectivity index is 1.24. The molecule has 0 aromatic rings. The number of hydrogen-bond donors (Lipinski definition) is 1. The maximum Gasteiger partial charge on any atom is 0.233 e. The first-order valence-corrected chi connectivity index (χ1v) is 14.9. The lowest BCUT2D eigenvalue weighted by Gasteiger charge is -2.36. The van der Waals surface area contributed by atoms with Crippen LogP contribution in [0.2, 0.25) is 18.1 Å². The van der Waals surface area contributed by atoms with Gasteiger partial charge in [-0.25, -0.2) is 0 Å². The maximum atomic E-state index is 12.6. The minimum absolute atomic E-state index is 0.0320. The zero-order valence-electron chi connectivity index (χ0n) is 19.9. The van der Waals surface area contributed by atoms with Crippen LogP contribution in [0.4, 0.5) is 0 Å². The molecule has 3 amide bonds. The molecule has 0 aromatic heterocycles. The van der Waals surface area contributed by atoms with Gasteiger partial charge in [-0.15, -0.1) is 0 Å². The number of likely N-dealkylation sites (tertiary alicyclic amines) is 1. The number of hydrogen-bond acceptors (Lipinski definition) is 4. The Kier molecular flexibility index (Phi) is 7.46. The molecular weight excluding hydrogens is 408 g/mol. The summed E-state index contributed by atoms with van der Waals surface area (Å²) in [5.74, 6) is 0.467. The van der Waals surface area contributed by atoms with Crippen LogP contribution in [0.25, 0.3) is 0 Å². The SMILES string of the molecule is CC(C)(C)[Si](C)(C)OCCCNC(=O)CCCCCN1C(=O)[C@@H]2C3C=CC(C3)[C@@H]2C1=O. The van der Waals surface area contributed by atoms with Crippen molar-refractivity contribution in [1.29, 1.82) is 0 Å². The average molecular weight is 449 g/mol. The van der Waals surface area contributed by atoms with Gasteiger partial charge in [0.1, 0.15) is 0 Å². The lowest BCUT2D eigenvalue weighted by molar-refractivity contribution is -0.140. The van der Waals surface area contributed by atoms with Gasteiger partial charge in [0, 0.05) is 26.1 Å². The zero-order valence-corrected chi connectivity index (χ0v) is 20.9. The van der Waals surface area contributed by atoms with Gasteiger partial charge in [-0.2, -0.15) is 0 Å². The van der Waals surface area contributed by atoms with E-state index in [1.807, 2.05) is 0 Å². The third-order valence-corrected chi connectivity index (χ3v) is 12.3. The van der Waals surface area contributed by atoms with Crippen molar-refractivity contribution in [2.24, 2.45) is 23.7 Å². The van der Waals surface area contributed by atoms with E-state index in [2.05, 4.69) is 51.3 Å². The molecule has 0 spiro atoms. The highest BCUT2D eigenvalue weighted by molar-refractivity contribution is 6.74. The molecule has 6 nitrogen and oxygen atoms in total. The van der Waals surface area contributed by atoms with E-state index < -0.39 is 8.32 Å². The number of fused-ring (bicyclic) bond motifs is 5. The van der Waals surface area contributed by atoms with Crippen LogP contribution in [-0.2, 0) is 18.8 Å². The Morgan fingerprint density at radius 2 is 1.68 bits per heavy atom. The molecular formula is C24H40N2O4Si. The van der Waals surface area contributed by atoms with E-state index in [1.165, 1.54) is 4.90 Å². The molecule has 3 rings (SSSR count). The summed E-state index contributed by atoms with van der Waals surface area (Å²) in [6.07, 6.45) is 8.94. The Morgan fingerprint density at radius 1 is 1.06 bits per heavy atom. The molecule has 1 aliphatic heterocycles. The Labute approximate surface area is 188 Å². The Hall–Kier alpha value is -1.47. The Morgan fingerprint density at radius 3 is 2.26 bits per heavy atom. The molecule has 2 fully saturated rings. The van der Waals surface area contributed by atoms with E-state index in [0.29, 0.717) is 26.1 Å². The van der Waals surface area contributed by atoms with Crippen LogP contribution >= 0.6 is 0 Å². The maximum absolute atomic E-state index is 12.6. The van der Waals surface area contributed by atoms with Crippen LogP contribution in [0.15, 0.2) is 12.2 Å². The molecule has 31 heavy (non-hydrogen) atoms. The van der Waals surface area contributed by atoms with E-state index in [9.17, 15) is 14.4 Å². The van der Waals surface area contributed by atoms with Gasteiger partial charge < -0.3 is 9.74 Å². The third-order valence-electron chi connectivity index (χ3n) is 7.76. The summed E-state index contributed by atoms with van der Waals surface area (Å²) in [6, 6.07) is 0. The number of nitrogens with one attached hydrogen (secondary N) is 1. The van der Waals surface area contributed by atoms with Gasteiger partial charge in [0.25, 0.3) is 0 Å². The first-order valence-electron chi connectivity index (χ1n) is 12.0. The molecule has 1 heterocycles. The van der Waals surface area contributed by atoms with Gasteiger partial charge in [0.15, 0.2) is 8.32 Å². The largest absolute Gasteiger partial charge is 0.417 e. The molecule has 3 aliphatic rings. The number of imide groups is 1. The van der Waals surface area contributed by atoms with E-state index in [1.54, 1.807) is 0 Å². The molecule has 2 unspecified atom stereocenters. The predicted molar refractivity (Wildman–Crippen MR) is 124 cm³/mol. The first-order chi connectivity index (χ1) is 14.5. The zero-order chi connectivity index (χ0) is 22.8. The normalized spacial score (nSPS) is 27.3. The van der Waals surface area contributed by atoms with Crippen LogP contribution < -0.4 is 5.32 Å². The van der Waals surface area contributed by atoms with Crippen LogP contribution in [0.5, 0.6) is 0 Å². The molecule has 2 bridgehead atoms. The molecule has 2 aliphatic carbocycles. The second kappa shape index (κ2) is 9.57. The van der Waals surface area contributed by atoms with Gasteiger partial charge in [0.2, 0.25) is 17.7 Å². The molecule has 1 saturated carbocycles. The lowest BCUT2D eigenvalue weighted by atomic mass is 9.85. The van der Waals surface area contributed by atoms with E-state index in [0.717, 1.165) is 32.1 Å². The first kappa shape index (κ1) is 24.2. The number of unbranched alkanes of at least 4 members (excludes halogenated alkanes) is 2. The smallest absolute Gasteiger partial charge is 0.233 e. The monoisotopic (exact) mass is 448 g/mol. The standard InChI is InChI=1S/C24H40N2O4Si/c1-24(2,3)31(4,5)30-15-9-13-25-19(27)10-7-6-8-14-26-22(28)20-17-11-12-18(16-17)21(20)23(26)29/h11-12,17-18,20-21H,6-10,13-16H2,1-5H3,(H,25,27)/t17?,18?,20-,21+. The summed E-state index contributed by atoms with van der Waals surface area (Å²) in [7, 11) is -1.71. The van der Waals surface area contributed by atoms with Crippen molar-refractivity contribution in [3.05, 3.63) is 12.2 Å². The topological polar surface area (TPSA) is 75.7 Å². The van der Waals surface area contributed by atoms with E-state index in [-0.39, 0.29) is 46.4 Å². The highest BCUT2D eigenvalue weighted by atomic mass is 28.4. The summed E-state index contributed by atoms with van der Waals surface area (Å²) in [5.41, 5.74) is 0. The number of carbonyl (C=O) groups excluding carboxylic acids is 3. The molecule has 0 radical (unpaired) electrons. The van der Waals surface area contributed by atoms with Crippen LogP contribution in [0.3, 0.4) is 0 Å². The van der Waals surface area contributed by atoms with Crippen molar-refractivity contribution in [2.75, 3.05) is 19.7 Å². The average Bonchev–Trinajstić information content (AvgIpc) is 3.35. The van der Waals surface area contributed by atoms with Crippen molar-refractivity contribution < 1.29 is 18.8 Å². The molecule has 0 aromatic carbocycles. The van der Waals surface area contributed by atoms with Crippen molar-refractivity contribution in [2.45, 2.75) is 77.4 Å². The third kappa shape index (κ3) is 5.30. The molecule has 174 valence electrons. The minimum Gasteiger partial charge on any atom is -0.417 e. The molecule has 7 heteroatoms. The van der Waals surface area contributed by atoms with E-state index in [4.69, 9.17) is 4.43 Å². The fourth-order valence-corrected chi connectivity index (χ4v) is 5.94. The predicted octanol–water partition coefficient (Wildman–Crippen LogP) is 3.88. The molecule has 1 N–H and O–H groups in total. The van der Waals surface area contributed by atoms with Crippen molar-refractivity contribution in [3.63, 3.8) is 0 Å². The summed E-state index contributed by atoms with van der Waals surface area (Å²) < 4.78 is 6.12. The summed E-state index contributed by atoms with van der Waals surface area (Å²) in [6.45, 7) is 13.0. The second-order valence-corrected chi connectivity index (χ2v) is 15.8. The number of carbonyl (C=O) groups is 3. The lowest BCUT2D eigenvalue weighted by Crippen LogP contribution is -2.41. The summed E-state index contributed by atoms with van der Waals surface area (Å²) in [4.78, 5) is 38.8.